The molecular weight excluding hydrogens is 192 g/mol. The van der Waals surface area contributed by atoms with Crippen molar-refractivity contribution in [3.05, 3.63) is 71.8 Å². The Labute approximate surface area is 98.0 Å². The highest BCUT2D eigenvalue weighted by Crippen LogP contribution is 2.34. The minimum absolute atomic E-state index is 0.599. The van der Waals surface area contributed by atoms with Crippen molar-refractivity contribution in [1.29, 1.82) is 0 Å². The highest BCUT2D eigenvalue weighted by atomic mass is 14.2. The van der Waals surface area contributed by atoms with Gasteiger partial charge in [0.2, 0.25) is 0 Å². The van der Waals surface area contributed by atoms with E-state index in [9.17, 15) is 0 Å². The molecule has 0 fully saturated rings. The first-order chi connectivity index (χ1) is 7.66. The summed E-state index contributed by atoms with van der Waals surface area (Å²) in [7, 11) is 0. The van der Waals surface area contributed by atoms with E-state index < -0.39 is 0 Å². The topological polar surface area (TPSA) is 0 Å². The Balaban J connectivity index is 2.09. The normalized spacial score (nSPS) is 19.7. The Morgan fingerprint density at radius 2 is 2.00 bits per heavy atom. The molecule has 1 aromatic carbocycles. The monoisotopic (exact) mass is 210 g/mol. The average Bonchev–Trinajstić information content (AvgIpc) is 2.61. The van der Waals surface area contributed by atoms with Gasteiger partial charge in [-0.15, -0.1) is 0 Å². The van der Waals surface area contributed by atoms with Crippen molar-refractivity contribution < 1.29 is 0 Å². The molecular formula is C16H18. The first kappa shape index (κ1) is 10.9. The maximum Gasteiger partial charge on any atom is -0.0143 e. The van der Waals surface area contributed by atoms with Crippen LogP contribution in [0, 0.1) is 5.92 Å². The summed E-state index contributed by atoms with van der Waals surface area (Å²) in [5.41, 5.74) is 5.06. The van der Waals surface area contributed by atoms with Crippen LogP contribution in [0.5, 0.6) is 0 Å². The number of hydrogen-bond donors (Lipinski definition) is 0. The fourth-order valence-corrected chi connectivity index (χ4v) is 2.33. The highest BCUT2D eigenvalue weighted by Gasteiger charge is 2.19. The van der Waals surface area contributed by atoms with Gasteiger partial charge in [0, 0.05) is 0 Å². The minimum atomic E-state index is 0.599. The van der Waals surface area contributed by atoms with E-state index in [0.717, 1.165) is 18.4 Å². The molecule has 0 saturated carbocycles. The molecule has 1 aliphatic carbocycles. The maximum atomic E-state index is 4.12. The quantitative estimate of drug-likeness (QED) is 0.697. The van der Waals surface area contributed by atoms with Gasteiger partial charge in [0.05, 0.1) is 0 Å². The lowest BCUT2D eigenvalue weighted by Gasteiger charge is -2.06. The summed E-state index contributed by atoms with van der Waals surface area (Å²) in [4.78, 5) is 0. The standard InChI is InChI=1S/C16H18/c1-12(2)16-11-15(9-13(16)3)10-14-7-5-4-6-8-14/h4-8,11,15H,1,3,9-10H2,2H3. The van der Waals surface area contributed by atoms with E-state index in [4.69, 9.17) is 0 Å². The summed E-state index contributed by atoms with van der Waals surface area (Å²) < 4.78 is 0. The summed E-state index contributed by atoms with van der Waals surface area (Å²) in [6.07, 6.45) is 4.52. The summed E-state index contributed by atoms with van der Waals surface area (Å²) in [6, 6.07) is 10.6. The van der Waals surface area contributed by atoms with Crippen LogP contribution >= 0.6 is 0 Å². The lowest BCUT2D eigenvalue weighted by atomic mass is 9.98. The van der Waals surface area contributed by atoms with E-state index in [1.54, 1.807) is 0 Å². The van der Waals surface area contributed by atoms with Crippen LogP contribution in [0.4, 0.5) is 0 Å². The van der Waals surface area contributed by atoms with Gasteiger partial charge in [0.1, 0.15) is 0 Å². The molecule has 0 nitrogen and oxygen atoms in total. The second kappa shape index (κ2) is 4.52. The largest absolute Gasteiger partial charge is 0.0955 e. The Kier molecular flexibility index (Phi) is 3.09. The lowest BCUT2D eigenvalue weighted by Crippen LogP contribution is -1.97. The van der Waals surface area contributed by atoms with Crippen molar-refractivity contribution in [2.45, 2.75) is 19.8 Å². The van der Waals surface area contributed by atoms with E-state index in [1.165, 1.54) is 16.7 Å². The van der Waals surface area contributed by atoms with E-state index in [1.807, 2.05) is 0 Å². The second-order valence-corrected chi connectivity index (χ2v) is 4.62. The Morgan fingerprint density at radius 1 is 1.31 bits per heavy atom. The first-order valence-corrected chi connectivity index (χ1v) is 5.76. The Hall–Kier alpha value is -1.56. The second-order valence-electron chi connectivity index (χ2n) is 4.62. The smallest absolute Gasteiger partial charge is 0.0143 e. The molecule has 1 atom stereocenters. The van der Waals surface area contributed by atoms with E-state index in [0.29, 0.717) is 5.92 Å². The van der Waals surface area contributed by atoms with Crippen LogP contribution in [0.15, 0.2) is 66.3 Å². The fraction of sp³-hybridized carbons (Fsp3) is 0.250. The number of benzene rings is 1. The minimum Gasteiger partial charge on any atom is -0.0955 e. The van der Waals surface area contributed by atoms with Gasteiger partial charge in [-0.1, -0.05) is 55.1 Å². The van der Waals surface area contributed by atoms with Crippen molar-refractivity contribution in [3.63, 3.8) is 0 Å². The molecule has 0 heteroatoms. The van der Waals surface area contributed by atoms with Crippen LogP contribution in [-0.4, -0.2) is 0 Å². The maximum absolute atomic E-state index is 4.12. The molecule has 0 aliphatic heterocycles. The average molecular weight is 210 g/mol. The van der Waals surface area contributed by atoms with E-state index >= 15 is 0 Å². The third kappa shape index (κ3) is 2.33. The zero-order valence-electron chi connectivity index (χ0n) is 9.87. The zero-order chi connectivity index (χ0) is 11.5. The van der Waals surface area contributed by atoms with Gasteiger partial charge in [0.15, 0.2) is 0 Å². The van der Waals surface area contributed by atoms with Crippen LogP contribution < -0.4 is 0 Å². The van der Waals surface area contributed by atoms with Crippen molar-refractivity contribution in [2.24, 2.45) is 5.92 Å². The van der Waals surface area contributed by atoms with Gasteiger partial charge < -0.3 is 0 Å². The molecule has 0 saturated heterocycles. The van der Waals surface area contributed by atoms with E-state index in [-0.39, 0.29) is 0 Å². The lowest BCUT2D eigenvalue weighted by molar-refractivity contribution is 0.671. The predicted molar refractivity (Wildman–Crippen MR) is 70.3 cm³/mol. The SMILES string of the molecule is C=C(C)C1=CC(Cc2ccccc2)CC1=C. The molecule has 0 radical (unpaired) electrons. The van der Waals surface area contributed by atoms with Crippen LogP contribution in [0.3, 0.4) is 0 Å². The Morgan fingerprint density at radius 3 is 2.56 bits per heavy atom. The van der Waals surface area contributed by atoms with E-state index in [2.05, 4.69) is 56.5 Å². The van der Waals surface area contributed by atoms with Crippen LogP contribution in [-0.2, 0) is 6.42 Å². The third-order valence-corrected chi connectivity index (χ3v) is 3.09. The van der Waals surface area contributed by atoms with Crippen molar-refractivity contribution in [3.8, 4) is 0 Å². The summed E-state index contributed by atoms with van der Waals surface area (Å²) in [6.45, 7) is 10.2. The van der Waals surface area contributed by atoms with Gasteiger partial charge in [-0.25, -0.2) is 0 Å². The molecule has 0 amide bonds. The van der Waals surface area contributed by atoms with Gasteiger partial charge >= 0.3 is 0 Å². The molecule has 0 spiro atoms. The number of allylic oxidation sites excluding steroid dienone is 4. The van der Waals surface area contributed by atoms with Gasteiger partial charge in [0.25, 0.3) is 0 Å². The van der Waals surface area contributed by atoms with Gasteiger partial charge in [-0.3, -0.25) is 0 Å². The summed E-state index contributed by atoms with van der Waals surface area (Å²) >= 11 is 0. The molecule has 1 unspecified atom stereocenters. The molecule has 2 rings (SSSR count). The van der Waals surface area contributed by atoms with Crippen molar-refractivity contribution in [2.75, 3.05) is 0 Å². The van der Waals surface area contributed by atoms with Crippen LogP contribution in [0.25, 0.3) is 0 Å². The summed E-state index contributed by atoms with van der Waals surface area (Å²) in [5, 5.41) is 0. The Bertz CT molecular complexity index is 434. The molecule has 0 aromatic heterocycles. The zero-order valence-corrected chi connectivity index (χ0v) is 9.87. The van der Waals surface area contributed by atoms with Gasteiger partial charge in [-0.05, 0) is 42.4 Å². The van der Waals surface area contributed by atoms with Crippen molar-refractivity contribution in [1.82, 2.24) is 0 Å². The first-order valence-electron chi connectivity index (χ1n) is 5.76. The molecule has 1 aliphatic rings. The number of rotatable bonds is 3. The van der Waals surface area contributed by atoms with Crippen LogP contribution in [0.1, 0.15) is 18.9 Å². The summed E-state index contributed by atoms with van der Waals surface area (Å²) in [5.74, 6) is 0.599. The van der Waals surface area contributed by atoms with Crippen molar-refractivity contribution >= 4 is 0 Å². The molecule has 0 N–H and O–H groups in total. The molecule has 0 bridgehead atoms. The van der Waals surface area contributed by atoms with Gasteiger partial charge in [-0.2, -0.15) is 0 Å². The predicted octanol–water partition coefficient (Wildman–Crippen LogP) is 4.31. The number of hydrogen-bond acceptors (Lipinski definition) is 0. The molecule has 0 heterocycles. The fourth-order valence-electron chi connectivity index (χ4n) is 2.33. The molecule has 82 valence electrons. The van der Waals surface area contributed by atoms with Crippen LogP contribution in [0.2, 0.25) is 0 Å². The highest BCUT2D eigenvalue weighted by molar-refractivity contribution is 5.47. The molecule has 16 heavy (non-hydrogen) atoms. The third-order valence-electron chi connectivity index (χ3n) is 3.09. The molecule has 1 aromatic rings.